The van der Waals surface area contributed by atoms with Crippen LogP contribution in [0.3, 0.4) is 0 Å². The van der Waals surface area contributed by atoms with Gasteiger partial charge in [-0.2, -0.15) is 0 Å². The average molecular weight is 523 g/mol. The molecule has 11 heteroatoms. The highest BCUT2D eigenvalue weighted by molar-refractivity contribution is 6.32. The lowest BCUT2D eigenvalue weighted by Gasteiger charge is -2.22. The molecule has 194 valence electrons. The van der Waals surface area contributed by atoms with Gasteiger partial charge in [-0.25, -0.2) is 9.48 Å². The maximum absolute atomic E-state index is 12.4. The molecule has 37 heavy (non-hydrogen) atoms. The smallest absolute Gasteiger partial charge is 0.324 e. The van der Waals surface area contributed by atoms with Gasteiger partial charge in [0.2, 0.25) is 0 Å². The second-order valence-electron chi connectivity index (χ2n) is 9.98. The Morgan fingerprint density at radius 2 is 1.76 bits per heavy atom. The number of hydrogen-bond donors (Lipinski definition) is 3. The molecule has 0 radical (unpaired) electrons. The molecule has 10 nitrogen and oxygen atoms in total. The SMILES string of the molecule is CC(Nc1ccc(-n2cc(-c3ccc(NC(=O)Nc4cc(C(C)(C)C)on4)cc3)nn2)c(Cl)c1)N(C)C. The lowest BCUT2D eigenvalue weighted by Crippen LogP contribution is -2.32. The molecule has 2 aromatic heterocycles. The average Bonchev–Trinajstić information content (AvgIpc) is 3.50. The molecule has 0 saturated carbocycles. The molecule has 2 amide bonds. The van der Waals surface area contributed by atoms with E-state index in [2.05, 4.69) is 43.2 Å². The van der Waals surface area contributed by atoms with Gasteiger partial charge < -0.3 is 15.2 Å². The van der Waals surface area contributed by atoms with E-state index in [1.165, 1.54) is 0 Å². The van der Waals surface area contributed by atoms with Crippen LogP contribution in [-0.2, 0) is 5.41 Å². The van der Waals surface area contributed by atoms with E-state index in [4.69, 9.17) is 16.1 Å². The summed E-state index contributed by atoms with van der Waals surface area (Å²) >= 11 is 6.53. The molecule has 0 fully saturated rings. The van der Waals surface area contributed by atoms with E-state index >= 15 is 0 Å². The molecule has 0 bridgehead atoms. The molecule has 0 aliphatic carbocycles. The van der Waals surface area contributed by atoms with Crippen molar-refractivity contribution in [1.82, 2.24) is 25.1 Å². The molecule has 0 spiro atoms. The first-order valence-electron chi connectivity index (χ1n) is 11.8. The topological polar surface area (TPSA) is 113 Å². The van der Waals surface area contributed by atoms with Gasteiger partial charge in [0, 0.05) is 28.4 Å². The predicted octanol–water partition coefficient (Wildman–Crippen LogP) is 5.84. The Balaban J connectivity index is 1.39. The summed E-state index contributed by atoms with van der Waals surface area (Å²) in [5, 5.41) is 21.8. The molecule has 1 unspecified atom stereocenters. The Labute approximate surface area is 221 Å². The van der Waals surface area contributed by atoms with E-state index in [9.17, 15) is 4.79 Å². The van der Waals surface area contributed by atoms with Crippen LogP contribution in [0.15, 0.2) is 59.3 Å². The summed E-state index contributed by atoms with van der Waals surface area (Å²) in [6.45, 7) is 8.09. The fourth-order valence-corrected chi connectivity index (χ4v) is 3.62. The molecule has 2 aromatic carbocycles. The van der Waals surface area contributed by atoms with Gasteiger partial charge in [0.05, 0.1) is 23.1 Å². The fourth-order valence-electron chi connectivity index (χ4n) is 3.36. The molecule has 0 saturated heterocycles. The number of carbonyl (C=O) groups is 1. The summed E-state index contributed by atoms with van der Waals surface area (Å²) in [6, 6.07) is 14.3. The molecule has 3 N–H and O–H groups in total. The number of halogens is 1. The Morgan fingerprint density at radius 3 is 2.38 bits per heavy atom. The van der Waals surface area contributed by atoms with Crippen molar-refractivity contribution in [2.24, 2.45) is 0 Å². The van der Waals surface area contributed by atoms with Crippen LogP contribution in [0.25, 0.3) is 16.9 Å². The minimum absolute atomic E-state index is 0.159. The van der Waals surface area contributed by atoms with Gasteiger partial charge in [0.15, 0.2) is 5.82 Å². The summed E-state index contributed by atoms with van der Waals surface area (Å²) in [7, 11) is 4.01. The summed E-state index contributed by atoms with van der Waals surface area (Å²) in [4.78, 5) is 14.4. The molecule has 1 atom stereocenters. The Morgan fingerprint density at radius 1 is 1.05 bits per heavy atom. The van der Waals surface area contributed by atoms with E-state index in [1.807, 2.05) is 71.4 Å². The van der Waals surface area contributed by atoms with Gasteiger partial charge in [-0.15, -0.1) is 5.10 Å². The monoisotopic (exact) mass is 522 g/mol. The third-order valence-electron chi connectivity index (χ3n) is 5.77. The highest BCUT2D eigenvalue weighted by atomic mass is 35.5. The van der Waals surface area contributed by atoms with Crippen molar-refractivity contribution >= 4 is 34.8 Å². The van der Waals surface area contributed by atoms with E-state index in [0.717, 1.165) is 16.9 Å². The van der Waals surface area contributed by atoms with Crippen molar-refractivity contribution in [3.05, 3.63) is 65.5 Å². The number of nitrogens with one attached hydrogen (secondary N) is 3. The van der Waals surface area contributed by atoms with Crippen LogP contribution in [0, 0.1) is 0 Å². The van der Waals surface area contributed by atoms with Gasteiger partial charge in [0.1, 0.15) is 11.5 Å². The van der Waals surface area contributed by atoms with Crippen LogP contribution >= 0.6 is 11.6 Å². The fraction of sp³-hybridized carbons (Fsp3) is 0.308. The van der Waals surface area contributed by atoms with E-state index < -0.39 is 6.03 Å². The van der Waals surface area contributed by atoms with Crippen LogP contribution in [0.5, 0.6) is 0 Å². The van der Waals surface area contributed by atoms with Crippen LogP contribution in [-0.4, -0.2) is 51.3 Å². The summed E-state index contributed by atoms with van der Waals surface area (Å²) in [6.07, 6.45) is 1.97. The molecular formula is C26H31ClN8O2. The minimum Gasteiger partial charge on any atom is -0.370 e. The van der Waals surface area contributed by atoms with Crippen molar-refractivity contribution < 1.29 is 9.32 Å². The second kappa shape index (κ2) is 10.6. The van der Waals surface area contributed by atoms with Crippen molar-refractivity contribution in [3.8, 4) is 16.9 Å². The number of hydrogen-bond acceptors (Lipinski definition) is 7. The Hall–Kier alpha value is -3.89. The molecule has 0 aliphatic heterocycles. The summed E-state index contributed by atoms with van der Waals surface area (Å²) in [5.41, 5.74) is 3.58. The first-order chi connectivity index (χ1) is 17.5. The Kier molecular flexibility index (Phi) is 7.51. The van der Waals surface area contributed by atoms with Gasteiger partial charge in [-0.3, -0.25) is 10.2 Å². The lowest BCUT2D eigenvalue weighted by molar-refractivity contribution is 0.262. The van der Waals surface area contributed by atoms with E-state index in [-0.39, 0.29) is 11.6 Å². The first-order valence-corrected chi connectivity index (χ1v) is 12.2. The highest BCUT2D eigenvalue weighted by Gasteiger charge is 2.20. The minimum atomic E-state index is -0.417. The van der Waals surface area contributed by atoms with Crippen LogP contribution < -0.4 is 16.0 Å². The normalized spacial score (nSPS) is 12.4. The summed E-state index contributed by atoms with van der Waals surface area (Å²) in [5.74, 6) is 1.04. The van der Waals surface area contributed by atoms with Crippen LogP contribution in [0.1, 0.15) is 33.5 Å². The number of benzene rings is 2. The van der Waals surface area contributed by atoms with E-state index in [0.29, 0.717) is 28.0 Å². The van der Waals surface area contributed by atoms with Crippen molar-refractivity contribution in [2.75, 3.05) is 30.0 Å². The molecule has 4 aromatic rings. The standard InChI is InChI=1S/C26H31ClN8O2/c1-16(34(5)6)28-19-11-12-22(20(27)13-19)35-15-21(31-33-35)17-7-9-18(10-8-17)29-25(36)30-24-14-23(37-32-24)26(2,3)4/h7-16,28H,1-6H3,(H2,29,30,32,36). The largest absolute Gasteiger partial charge is 0.370 e. The molecule has 0 aliphatic rings. The van der Waals surface area contributed by atoms with Crippen molar-refractivity contribution in [3.63, 3.8) is 0 Å². The molecular weight excluding hydrogens is 492 g/mol. The van der Waals surface area contributed by atoms with Crippen LogP contribution in [0.2, 0.25) is 5.02 Å². The number of carbonyl (C=O) groups excluding carboxylic acids is 1. The van der Waals surface area contributed by atoms with Crippen molar-refractivity contribution in [1.29, 1.82) is 0 Å². The number of rotatable bonds is 7. The lowest BCUT2D eigenvalue weighted by atomic mass is 9.93. The molecule has 2 heterocycles. The van der Waals surface area contributed by atoms with Gasteiger partial charge in [0.25, 0.3) is 0 Å². The second-order valence-corrected chi connectivity index (χ2v) is 10.4. The zero-order valence-corrected chi connectivity index (χ0v) is 22.5. The van der Waals surface area contributed by atoms with E-state index in [1.54, 1.807) is 22.9 Å². The molecule has 4 rings (SSSR count). The van der Waals surface area contributed by atoms with Gasteiger partial charge in [-0.1, -0.05) is 54.9 Å². The van der Waals surface area contributed by atoms with Gasteiger partial charge >= 0.3 is 6.03 Å². The number of amides is 2. The van der Waals surface area contributed by atoms with Crippen LogP contribution in [0.4, 0.5) is 22.0 Å². The third-order valence-corrected chi connectivity index (χ3v) is 6.07. The number of anilines is 3. The summed E-state index contributed by atoms with van der Waals surface area (Å²) < 4.78 is 6.93. The van der Waals surface area contributed by atoms with Gasteiger partial charge in [-0.05, 0) is 51.4 Å². The third kappa shape index (κ3) is 6.46. The number of urea groups is 1. The number of aromatic nitrogens is 4. The Bertz CT molecular complexity index is 1370. The maximum Gasteiger partial charge on any atom is 0.324 e. The highest BCUT2D eigenvalue weighted by Crippen LogP contribution is 2.27. The number of nitrogens with zero attached hydrogens (tertiary/aromatic N) is 5. The zero-order valence-electron chi connectivity index (χ0n) is 21.7. The predicted molar refractivity (Wildman–Crippen MR) is 146 cm³/mol. The quantitative estimate of drug-likeness (QED) is 0.261. The first kappa shape index (κ1) is 26.2. The maximum atomic E-state index is 12.4. The zero-order chi connectivity index (χ0) is 26.7. The van der Waals surface area contributed by atoms with Crippen molar-refractivity contribution in [2.45, 2.75) is 39.3 Å².